The number of nitrogens with one attached hydrogen (secondary N) is 1. The van der Waals surface area contributed by atoms with Gasteiger partial charge in [-0.2, -0.15) is 5.26 Å². The minimum Gasteiger partial charge on any atom is -0.378 e. The fourth-order valence-corrected chi connectivity index (χ4v) is 3.29. The van der Waals surface area contributed by atoms with Crippen LogP contribution in [0, 0.1) is 11.3 Å². The van der Waals surface area contributed by atoms with Crippen molar-refractivity contribution in [2.24, 2.45) is 0 Å². The van der Waals surface area contributed by atoms with Gasteiger partial charge in [-0.3, -0.25) is 0 Å². The molecule has 1 aromatic carbocycles. The van der Waals surface area contributed by atoms with Gasteiger partial charge in [-0.15, -0.1) is 0 Å². The first kappa shape index (κ1) is 17.2. The third kappa shape index (κ3) is 3.83. The van der Waals surface area contributed by atoms with Crippen molar-refractivity contribution in [2.75, 3.05) is 38.2 Å². The number of hydrogen-bond donors (Lipinski definition) is 1. The van der Waals surface area contributed by atoms with Crippen molar-refractivity contribution in [3.63, 3.8) is 0 Å². The van der Waals surface area contributed by atoms with E-state index < -0.39 is 0 Å². The standard InChI is InChI=1S/C19H20N6O2/c20-11-14-2-1-3-16(10-14)22-18-21-12-15-13-25(5-4-17(15)23-18)19(26)24-6-8-27-9-7-24/h1-3,10,12H,4-9,13H2,(H,21,22,23). The Labute approximate surface area is 157 Å². The zero-order valence-electron chi connectivity index (χ0n) is 14.9. The first-order valence-electron chi connectivity index (χ1n) is 8.96. The van der Waals surface area contributed by atoms with Gasteiger partial charge in [0.15, 0.2) is 0 Å². The lowest BCUT2D eigenvalue weighted by Gasteiger charge is -2.35. The van der Waals surface area contributed by atoms with Crippen molar-refractivity contribution in [3.8, 4) is 6.07 Å². The van der Waals surface area contributed by atoms with Gasteiger partial charge in [-0.1, -0.05) is 6.07 Å². The monoisotopic (exact) mass is 364 g/mol. The second-order valence-corrected chi connectivity index (χ2v) is 6.54. The molecule has 2 amide bonds. The maximum atomic E-state index is 12.6. The Balaban J connectivity index is 1.45. The van der Waals surface area contributed by atoms with Crippen molar-refractivity contribution in [1.29, 1.82) is 5.26 Å². The average molecular weight is 364 g/mol. The van der Waals surface area contributed by atoms with E-state index in [9.17, 15) is 4.79 Å². The molecular formula is C19H20N6O2. The lowest BCUT2D eigenvalue weighted by Crippen LogP contribution is -2.49. The van der Waals surface area contributed by atoms with Crippen molar-refractivity contribution >= 4 is 17.7 Å². The highest BCUT2D eigenvalue weighted by Crippen LogP contribution is 2.21. The largest absolute Gasteiger partial charge is 0.378 e. The van der Waals surface area contributed by atoms with Crippen LogP contribution in [0.4, 0.5) is 16.4 Å². The summed E-state index contributed by atoms with van der Waals surface area (Å²) in [5, 5.41) is 12.1. The van der Waals surface area contributed by atoms with Crippen LogP contribution in [-0.2, 0) is 17.7 Å². The van der Waals surface area contributed by atoms with Crippen molar-refractivity contribution in [3.05, 3.63) is 47.3 Å². The average Bonchev–Trinajstić information content (AvgIpc) is 2.73. The summed E-state index contributed by atoms with van der Waals surface area (Å²) in [6.07, 6.45) is 2.47. The number of rotatable bonds is 2. The van der Waals surface area contributed by atoms with E-state index >= 15 is 0 Å². The highest BCUT2D eigenvalue weighted by molar-refractivity contribution is 5.75. The van der Waals surface area contributed by atoms with Crippen molar-refractivity contribution < 1.29 is 9.53 Å². The Hall–Kier alpha value is -3.18. The molecule has 1 fully saturated rings. The van der Waals surface area contributed by atoms with E-state index in [4.69, 9.17) is 10.00 Å². The zero-order valence-corrected chi connectivity index (χ0v) is 14.9. The van der Waals surface area contributed by atoms with Gasteiger partial charge in [0, 0.05) is 43.5 Å². The van der Waals surface area contributed by atoms with E-state index in [1.165, 1.54) is 0 Å². The molecule has 0 saturated carbocycles. The number of hydrogen-bond acceptors (Lipinski definition) is 6. The van der Waals surface area contributed by atoms with Crippen LogP contribution in [-0.4, -0.2) is 58.6 Å². The maximum Gasteiger partial charge on any atom is 0.320 e. The molecular weight excluding hydrogens is 344 g/mol. The Morgan fingerprint density at radius 3 is 2.89 bits per heavy atom. The number of benzene rings is 1. The quantitative estimate of drug-likeness (QED) is 0.875. The topological polar surface area (TPSA) is 94.4 Å². The zero-order chi connectivity index (χ0) is 18.6. The molecule has 3 heterocycles. The van der Waals surface area contributed by atoms with E-state index in [0.717, 1.165) is 16.9 Å². The molecule has 0 unspecified atom stereocenters. The SMILES string of the molecule is N#Cc1cccc(Nc2ncc3c(n2)CCN(C(=O)N2CCOCC2)C3)c1. The fourth-order valence-electron chi connectivity index (χ4n) is 3.29. The number of nitrogens with zero attached hydrogens (tertiary/aromatic N) is 5. The second kappa shape index (κ2) is 7.60. The maximum absolute atomic E-state index is 12.6. The normalized spacial score (nSPS) is 16.4. The van der Waals surface area contributed by atoms with E-state index in [-0.39, 0.29) is 6.03 Å². The van der Waals surface area contributed by atoms with Crippen LogP contribution >= 0.6 is 0 Å². The summed E-state index contributed by atoms with van der Waals surface area (Å²) >= 11 is 0. The minimum absolute atomic E-state index is 0.0551. The van der Waals surface area contributed by atoms with Crippen LogP contribution in [0.5, 0.6) is 0 Å². The van der Waals surface area contributed by atoms with Gasteiger partial charge in [-0.05, 0) is 18.2 Å². The molecule has 1 N–H and O–H groups in total. The van der Waals surface area contributed by atoms with Gasteiger partial charge in [0.05, 0.1) is 37.1 Å². The van der Waals surface area contributed by atoms with Crippen LogP contribution in [0.25, 0.3) is 0 Å². The van der Waals surface area contributed by atoms with E-state index in [1.54, 1.807) is 18.3 Å². The molecule has 0 atom stereocenters. The summed E-state index contributed by atoms with van der Waals surface area (Å²) < 4.78 is 5.31. The van der Waals surface area contributed by atoms with Gasteiger partial charge < -0.3 is 19.9 Å². The van der Waals surface area contributed by atoms with Crippen LogP contribution in [0.15, 0.2) is 30.5 Å². The van der Waals surface area contributed by atoms with Crippen molar-refractivity contribution in [1.82, 2.24) is 19.8 Å². The van der Waals surface area contributed by atoms with E-state index in [2.05, 4.69) is 21.4 Å². The number of carbonyl (C=O) groups excluding carboxylic acids is 1. The van der Waals surface area contributed by atoms with Gasteiger partial charge in [-0.25, -0.2) is 14.8 Å². The molecule has 4 rings (SSSR count). The van der Waals surface area contributed by atoms with Crippen LogP contribution in [0.1, 0.15) is 16.8 Å². The molecule has 0 radical (unpaired) electrons. The molecule has 27 heavy (non-hydrogen) atoms. The highest BCUT2D eigenvalue weighted by Gasteiger charge is 2.27. The molecule has 1 saturated heterocycles. The van der Waals surface area contributed by atoms with E-state index in [1.807, 2.05) is 21.9 Å². The van der Waals surface area contributed by atoms with Gasteiger partial charge in [0.25, 0.3) is 0 Å². The molecule has 8 nitrogen and oxygen atoms in total. The van der Waals surface area contributed by atoms with Crippen LogP contribution in [0.2, 0.25) is 0 Å². The molecule has 2 aromatic rings. The summed E-state index contributed by atoms with van der Waals surface area (Å²) in [6, 6.07) is 9.36. The van der Waals surface area contributed by atoms with Crippen LogP contribution in [0.3, 0.4) is 0 Å². The summed E-state index contributed by atoms with van der Waals surface area (Å²) in [7, 11) is 0. The molecule has 0 bridgehead atoms. The lowest BCUT2D eigenvalue weighted by molar-refractivity contribution is 0.0421. The molecule has 0 spiro atoms. The predicted molar refractivity (Wildman–Crippen MR) is 98.4 cm³/mol. The Morgan fingerprint density at radius 1 is 1.22 bits per heavy atom. The summed E-state index contributed by atoms with van der Waals surface area (Å²) in [5.41, 5.74) is 3.28. The van der Waals surface area contributed by atoms with Crippen LogP contribution < -0.4 is 5.32 Å². The molecule has 2 aliphatic rings. The summed E-state index contributed by atoms with van der Waals surface area (Å²) in [5.74, 6) is 0.497. The molecule has 138 valence electrons. The lowest BCUT2D eigenvalue weighted by atomic mass is 10.1. The summed E-state index contributed by atoms with van der Waals surface area (Å²) in [6.45, 7) is 3.65. The Kier molecular flexibility index (Phi) is 4.85. The first-order valence-corrected chi connectivity index (χ1v) is 8.96. The number of urea groups is 1. The summed E-state index contributed by atoms with van der Waals surface area (Å²) in [4.78, 5) is 25.3. The molecule has 0 aliphatic carbocycles. The fraction of sp³-hybridized carbons (Fsp3) is 0.368. The predicted octanol–water partition coefficient (Wildman–Crippen LogP) is 1.90. The van der Waals surface area contributed by atoms with Gasteiger partial charge in [0.2, 0.25) is 5.95 Å². The number of nitriles is 1. The minimum atomic E-state index is 0.0551. The number of aromatic nitrogens is 2. The molecule has 1 aromatic heterocycles. The van der Waals surface area contributed by atoms with Crippen molar-refractivity contribution in [2.45, 2.75) is 13.0 Å². The highest BCUT2D eigenvalue weighted by atomic mass is 16.5. The van der Waals surface area contributed by atoms with E-state index in [0.29, 0.717) is 57.3 Å². The first-order chi connectivity index (χ1) is 13.2. The number of morpholine rings is 1. The number of anilines is 2. The molecule has 2 aliphatic heterocycles. The third-order valence-electron chi connectivity index (χ3n) is 4.73. The number of amides is 2. The third-order valence-corrected chi connectivity index (χ3v) is 4.73. The van der Waals surface area contributed by atoms with Gasteiger partial charge >= 0.3 is 6.03 Å². The number of carbonyl (C=O) groups is 1. The molecule has 8 heteroatoms. The Morgan fingerprint density at radius 2 is 2.07 bits per heavy atom. The number of ether oxygens (including phenoxy) is 1. The number of fused-ring (bicyclic) bond motifs is 1. The Bertz CT molecular complexity index is 888. The van der Waals surface area contributed by atoms with Gasteiger partial charge in [0.1, 0.15) is 0 Å². The smallest absolute Gasteiger partial charge is 0.320 e. The second-order valence-electron chi connectivity index (χ2n) is 6.54.